The van der Waals surface area contributed by atoms with Gasteiger partial charge in [-0.2, -0.15) is 0 Å². The minimum atomic E-state index is -0.552. The number of carbonyl (C=O) groups excluding carboxylic acids is 2. The number of aryl methyl sites for hydroxylation is 1. The number of para-hydroxylation sites is 1. The quantitative estimate of drug-likeness (QED) is 0.461. The van der Waals surface area contributed by atoms with Gasteiger partial charge in [-0.15, -0.1) is 0 Å². The van der Waals surface area contributed by atoms with Crippen LogP contribution in [-0.4, -0.2) is 23.0 Å². The number of benzene rings is 2. The van der Waals surface area contributed by atoms with Gasteiger partial charge in [0.15, 0.2) is 5.11 Å². The van der Waals surface area contributed by atoms with Crippen molar-refractivity contribution in [2.75, 3.05) is 4.90 Å². The van der Waals surface area contributed by atoms with Gasteiger partial charge in [0.05, 0.1) is 11.8 Å². The standard InChI is InChI=1S/C21H19ClN2O3S/c1-12(2)27-18-7-5-4-6-14(18)10-16-19(25)23-21(28)24(20(16)26)15-9-8-13(3)17(22)11-15/h4-12H,1-3H3,(H,23,25,28)/b16-10+. The van der Waals surface area contributed by atoms with Crippen molar-refractivity contribution >= 4 is 52.5 Å². The van der Waals surface area contributed by atoms with Crippen molar-refractivity contribution < 1.29 is 14.3 Å². The third-order valence-electron chi connectivity index (χ3n) is 4.10. The van der Waals surface area contributed by atoms with Crippen LogP contribution in [0.5, 0.6) is 5.75 Å². The second kappa shape index (κ2) is 8.12. The van der Waals surface area contributed by atoms with Crippen LogP contribution in [0.25, 0.3) is 6.08 Å². The van der Waals surface area contributed by atoms with E-state index in [2.05, 4.69) is 5.32 Å². The summed E-state index contributed by atoms with van der Waals surface area (Å²) in [6.45, 7) is 5.68. The van der Waals surface area contributed by atoms with Crippen LogP contribution in [0.1, 0.15) is 25.0 Å². The summed E-state index contributed by atoms with van der Waals surface area (Å²) in [6.07, 6.45) is 1.47. The summed E-state index contributed by atoms with van der Waals surface area (Å²) >= 11 is 11.4. The van der Waals surface area contributed by atoms with Crippen molar-refractivity contribution in [2.24, 2.45) is 0 Å². The van der Waals surface area contributed by atoms with Crippen LogP contribution in [0.15, 0.2) is 48.0 Å². The highest BCUT2D eigenvalue weighted by atomic mass is 35.5. The number of hydrogen-bond acceptors (Lipinski definition) is 4. The zero-order valence-electron chi connectivity index (χ0n) is 15.7. The van der Waals surface area contributed by atoms with Gasteiger partial charge in [-0.25, -0.2) is 0 Å². The number of ether oxygens (including phenoxy) is 1. The molecule has 3 rings (SSSR count). The summed E-state index contributed by atoms with van der Waals surface area (Å²) in [4.78, 5) is 26.8. The molecule has 2 aromatic carbocycles. The van der Waals surface area contributed by atoms with Crippen molar-refractivity contribution in [2.45, 2.75) is 26.9 Å². The monoisotopic (exact) mass is 414 g/mol. The molecular formula is C21H19ClN2O3S. The summed E-state index contributed by atoms with van der Waals surface area (Å²) in [5.74, 6) is -0.486. The lowest BCUT2D eigenvalue weighted by atomic mass is 10.1. The molecule has 144 valence electrons. The molecule has 0 aromatic heterocycles. The Hall–Kier alpha value is -2.70. The Morgan fingerprint density at radius 1 is 1.18 bits per heavy atom. The van der Waals surface area contributed by atoms with Gasteiger partial charge in [0, 0.05) is 10.6 Å². The van der Waals surface area contributed by atoms with E-state index in [9.17, 15) is 9.59 Å². The number of thiocarbonyl (C=S) groups is 1. The molecule has 0 saturated carbocycles. The molecule has 0 aliphatic carbocycles. The smallest absolute Gasteiger partial charge is 0.270 e. The SMILES string of the molecule is Cc1ccc(N2C(=O)/C(=C/c3ccccc3OC(C)C)C(=O)NC2=S)cc1Cl. The van der Waals surface area contributed by atoms with Crippen LogP contribution >= 0.6 is 23.8 Å². The minimum Gasteiger partial charge on any atom is -0.490 e. The second-order valence-corrected chi connectivity index (χ2v) is 7.39. The van der Waals surface area contributed by atoms with E-state index in [4.69, 9.17) is 28.6 Å². The lowest BCUT2D eigenvalue weighted by Crippen LogP contribution is -2.54. The van der Waals surface area contributed by atoms with E-state index >= 15 is 0 Å². The normalized spacial score (nSPS) is 16.0. The summed E-state index contributed by atoms with van der Waals surface area (Å²) in [6, 6.07) is 12.4. The lowest BCUT2D eigenvalue weighted by molar-refractivity contribution is -0.122. The number of nitrogens with one attached hydrogen (secondary N) is 1. The van der Waals surface area contributed by atoms with Gasteiger partial charge >= 0.3 is 0 Å². The van der Waals surface area contributed by atoms with Gasteiger partial charge in [0.1, 0.15) is 11.3 Å². The lowest BCUT2D eigenvalue weighted by Gasteiger charge is -2.29. The average Bonchev–Trinajstić information content (AvgIpc) is 2.62. The summed E-state index contributed by atoms with van der Waals surface area (Å²) in [7, 11) is 0. The van der Waals surface area contributed by atoms with Gasteiger partial charge in [-0.05, 0) is 62.8 Å². The van der Waals surface area contributed by atoms with Crippen LogP contribution in [-0.2, 0) is 9.59 Å². The zero-order valence-corrected chi connectivity index (χ0v) is 17.2. The Bertz CT molecular complexity index is 1000. The Kier molecular flexibility index (Phi) is 5.82. The Balaban J connectivity index is 2.03. The molecule has 1 N–H and O–H groups in total. The molecule has 7 heteroatoms. The van der Waals surface area contributed by atoms with Crippen LogP contribution < -0.4 is 15.0 Å². The topological polar surface area (TPSA) is 58.6 Å². The average molecular weight is 415 g/mol. The fourth-order valence-electron chi connectivity index (χ4n) is 2.73. The first-order valence-corrected chi connectivity index (χ1v) is 9.50. The van der Waals surface area contributed by atoms with Crippen LogP contribution in [0, 0.1) is 6.92 Å². The molecule has 5 nitrogen and oxygen atoms in total. The molecule has 2 amide bonds. The summed E-state index contributed by atoms with van der Waals surface area (Å²) < 4.78 is 5.77. The van der Waals surface area contributed by atoms with E-state index < -0.39 is 11.8 Å². The van der Waals surface area contributed by atoms with E-state index in [1.54, 1.807) is 30.3 Å². The van der Waals surface area contributed by atoms with Gasteiger partial charge in [-0.1, -0.05) is 35.9 Å². The molecule has 1 saturated heterocycles. The largest absolute Gasteiger partial charge is 0.490 e. The van der Waals surface area contributed by atoms with E-state index in [-0.39, 0.29) is 16.8 Å². The van der Waals surface area contributed by atoms with Gasteiger partial charge in [0.2, 0.25) is 0 Å². The van der Waals surface area contributed by atoms with Crippen molar-refractivity contribution in [3.8, 4) is 5.75 Å². The number of nitrogens with zero attached hydrogens (tertiary/aromatic N) is 1. The molecule has 0 radical (unpaired) electrons. The maximum Gasteiger partial charge on any atom is 0.270 e. The van der Waals surface area contributed by atoms with E-state index in [0.717, 1.165) is 5.56 Å². The predicted molar refractivity (Wildman–Crippen MR) is 115 cm³/mol. The molecule has 28 heavy (non-hydrogen) atoms. The van der Waals surface area contributed by atoms with Gasteiger partial charge in [0.25, 0.3) is 11.8 Å². The van der Waals surface area contributed by atoms with Crippen LogP contribution in [0.4, 0.5) is 5.69 Å². The highest BCUT2D eigenvalue weighted by Gasteiger charge is 2.34. The third kappa shape index (κ3) is 4.08. The molecule has 0 atom stereocenters. The second-order valence-electron chi connectivity index (χ2n) is 6.60. The van der Waals surface area contributed by atoms with Crippen molar-refractivity contribution in [3.63, 3.8) is 0 Å². The number of hydrogen-bond donors (Lipinski definition) is 1. The van der Waals surface area contributed by atoms with Crippen LogP contribution in [0.2, 0.25) is 5.02 Å². The third-order valence-corrected chi connectivity index (χ3v) is 4.79. The first-order valence-electron chi connectivity index (χ1n) is 8.71. The molecule has 0 unspecified atom stereocenters. The van der Waals surface area contributed by atoms with Gasteiger partial charge < -0.3 is 4.74 Å². The highest BCUT2D eigenvalue weighted by molar-refractivity contribution is 7.80. The molecule has 0 bridgehead atoms. The number of anilines is 1. The summed E-state index contributed by atoms with van der Waals surface area (Å²) in [5.41, 5.74) is 1.96. The Morgan fingerprint density at radius 2 is 1.89 bits per heavy atom. The van der Waals surface area contributed by atoms with Crippen molar-refractivity contribution in [1.29, 1.82) is 0 Å². The highest BCUT2D eigenvalue weighted by Crippen LogP contribution is 2.28. The van der Waals surface area contributed by atoms with Crippen LogP contribution in [0.3, 0.4) is 0 Å². The van der Waals surface area contributed by atoms with Crippen molar-refractivity contribution in [3.05, 3.63) is 64.2 Å². The zero-order chi connectivity index (χ0) is 20.4. The Morgan fingerprint density at radius 3 is 2.57 bits per heavy atom. The van der Waals surface area contributed by atoms with E-state index in [1.165, 1.54) is 11.0 Å². The molecule has 1 heterocycles. The van der Waals surface area contributed by atoms with E-state index in [0.29, 0.717) is 22.0 Å². The summed E-state index contributed by atoms with van der Waals surface area (Å²) in [5, 5.41) is 3.09. The first kappa shape index (κ1) is 20.0. The molecule has 1 fully saturated rings. The maximum atomic E-state index is 13.1. The molecule has 2 aromatic rings. The number of halogens is 1. The maximum absolute atomic E-state index is 13.1. The van der Waals surface area contributed by atoms with Gasteiger partial charge in [-0.3, -0.25) is 19.8 Å². The molecule has 1 aliphatic rings. The fourth-order valence-corrected chi connectivity index (χ4v) is 3.19. The molecule has 1 aliphatic heterocycles. The number of amides is 2. The number of rotatable bonds is 4. The fraction of sp³-hybridized carbons (Fsp3) is 0.190. The number of carbonyl (C=O) groups is 2. The van der Waals surface area contributed by atoms with Crippen molar-refractivity contribution in [1.82, 2.24) is 5.32 Å². The molecule has 0 spiro atoms. The Labute approximate surface area is 173 Å². The molecular weight excluding hydrogens is 396 g/mol. The van der Waals surface area contributed by atoms with E-state index in [1.807, 2.05) is 32.9 Å². The first-order chi connectivity index (χ1) is 13.3. The minimum absolute atomic E-state index is 0.0128. The predicted octanol–water partition coefficient (Wildman–Crippen LogP) is 4.27.